The van der Waals surface area contributed by atoms with Crippen molar-refractivity contribution in [2.24, 2.45) is 9.98 Å². The highest BCUT2D eigenvalue weighted by Crippen LogP contribution is 2.46. The average Bonchev–Trinajstić information content (AvgIpc) is 3.30. The molecule has 2 aliphatic heterocycles. The van der Waals surface area contributed by atoms with Crippen LogP contribution in [0.2, 0.25) is 0 Å². The summed E-state index contributed by atoms with van der Waals surface area (Å²) in [5.41, 5.74) is 4.40. The van der Waals surface area contributed by atoms with Gasteiger partial charge in [-0.2, -0.15) is 12.6 Å². The number of nitrogens with zero attached hydrogens (tertiary/aromatic N) is 4. The van der Waals surface area contributed by atoms with Gasteiger partial charge in [0, 0.05) is 12.2 Å². The molecule has 150 valence electrons. The number of thiol groups is 1. The third-order valence-electron chi connectivity index (χ3n) is 5.85. The lowest BCUT2D eigenvalue weighted by molar-refractivity contribution is -0.126. The number of carbonyl (C=O) groups is 1. The SMILES string of the molecule is Cc1ccc(CN2C(=O)CC3(c4ccc(CS)cc4)C2=NC=Nc2nc[nH]c23)cc1. The number of H-pyrrole nitrogens is 1. The number of aliphatic imine (C=N–C) groups is 2. The molecule has 0 aliphatic carbocycles. The van der Waals surface area contributed by atoms with Crippen molar-refractivity contribution in [2.45, 2.75) is 31.1 Å². The predicted octanol–water partition coefficient (Wildman–Crippen LogP) is 3.94. The predicted molar refractivity (Wildman–Crippen MR) is 120 cm³/mol. The van der Waals surface area contributed by atoms with E-state index < -0.39 is 5.41 Å². The van der Waals surface area contributed by atoms with Crippen molar-refractivity contribution in [3.63, 3.8) is 0 Å². The largest absolute Gasteiger partial charge is 0.345 e. The summed E-state index contributed by atoms with van der Waals surface area (Å²) in [6.45, 7) is 2.52. The number of aryl methyl sites for hydroxylation is 1. The lowest BCUT2D eigenvalue weighted by atomic mass is 9.75. The van der Waals surface area contributed by atoms with Crippen LogP contribution in [0.1, 0.15) is 34.4 Å². The van der Waals surface area contributed by atoms with Crippen molar-refractivity contribution in [2.75, 3.05) is 0 Å². The molecule has 1 amide bonds. The van der Waals surface area contributed by atoms with Crippen LogP contribution >= 0.6 is 12.6 Å². The number of rotatable bonds is 4. The molecule has 1 aromatic heterocycles. The van der Waals surface area contributed by atoms with E-state index in [1.807, 2.05) is 12.1 Å². The first kappa shape index (κ1) is 18.8. The summed E-state index contributed by atoms with van der Waals surface area (Å²) in [5, 5.41) is 0. The van der Waals surface area contributed by atoms with Crippen molar-refractivity contribution >= 4 is 36.5 Å². The molecule has 3 heterocycles. The van der Waals surface area contributed by atoms with E-state index >= 15 is 0 Å². The summed E-state index contributed by atoms with van der Waals surface area (Å²) >= 11 is 4.37. The number of aromatic amines is 1. The van der Waals surface area contributed by atoms with E-state index in [4.69, 9.17) is 0 Å². The van der Waals surface area contributed by atoms with E-state index in [-0.39, 0.29) is 12.3 Å². The molecule has 1 N–H and O–H groups in total. The first-order valence-electron chi connectivity index (χ1n) is 9.82. The zero-order valence-electron chi connectivity index (χ0n) is 16.5. The van der Waals surface area contributed by atoms with Crippen LogP contribution < -0.4 is 0 Å². The highest BCUT2D eigenvalue weighted by atomic mass is 32.1. The molecule has 0 saturated carbocycles. The second-order valence-corrected chi connectivity index (χ2v) is 8.02. The summed E-state index contributed by atoms with van der Waals surface area (Å²) in [6.07, 6.45) is 3.40. The van der Waals surface area contributed by atoms with Gasteiger partial charge < -0.3 is 4.98 Å². The Morgan fingerprint density at radius 1 is 1.10 bits per heavy atom. The topological polar surface area (TPSA) is 73.7 Å². The summed E-state index contributed by atoms with van der Waals surface area (Å²) in [4.78, 5) is 31.8. The minimum atomic E-state index is -0.751. The molecular weight excluding hydrogens is 394 g/mol. The molecule has 1 saturated heterocycles. The Kier molecular flexibility index (Phi) is 4.55. The van der Waals surface area contributed by atoms with Crippen LogP contribution in [0.3, 0.4) is 0 Å². The van der Waals surface area contributed by atoms with Gasteiger partial charge >= 0.3 is 0 Å². The van der Waals surface area contributed by atoms with Gasteiger partial charge in [0.1, 0.15) is 17.6 Å². The maximum Gasteiger partial charge on any atom is 0.230 e. The fourth-order valence-electron chi connectivity index (χ4n) is 4.28. The normalized spacial score (nSPS) is 20.0. The Morgan fingerprint density at radius 2 is 1.83 bits per heavy atom. The van der Waals surface area contributed by atoms with Crippen LogP contribution in [0.4, 0.5) is 5.82 Å². The first-order chi connectivity index (χ1) is 14.6. The lowest BCUT2D eigenvalue weighted by Gasteiger charge is -2.29. The second-order valence-electron chi connectivity index (χ2n) is 7.70. The summed E-state index contributed by atoms with van der Waals surface area (Å²) in [7, 11) is 0. The number of hydrogen-bond donors (Lipinski definition) is 2. The zero-order valence-corrected chi connectivity index (χ0v) is 17.4. The molecule has 0 bridgehead atoms. The van der Waals surface area contributed by atoms with Gasteiger partial charge in [0.25, 0.3) is 0 Å². The van der Waals surface area contributed by atoms with Gasteiger partial charge in [-0.15, -0.1) is 0 Å². The number of nitrogens with one attached hydrogen (secondary N) is 1. The number of benzene rings is 2. The Morgan fingerprint density at radius 3 is 2.57 bits per heavy atom. The molecule has 1 unspecified atom stereocenters. The molecule has 5 rings (SSSR count). The van der Waals surface area contributed by atoms with Crippen LogP contribution in [0.15, 0.2) is 64.8 Å². The summed E-state index contributed by atoms with van der Waals surface area (Å²) < 4.78 is 0. The van der Waals surface area contributed by atoms with E-state index in [0.29, 0.717) is 24.0 Å². The molecule has 6 nitrogen and oxygen atoms in total. The van der Waals surface area contributed by atoms with E-state index in [2.05, 4.69) is 75.9 Å². The Labute approximate surface area is 180 Å². The van der Waals surface area contributed by atoms with E-state index in [1.54, 1.807) is 11.2 Å². The van der Waals surface area contributed by atoms with E-state index in [9.17, 15) is 4.79 Å². The van der Waals surface area contributed by atoms with Gasteiger partial charge in [-0.05, 0) is 23.6 Å². The van der Waals surface area contributed by atoms with Gasteiger partial charge in [0.15, 0.2) is 5.82 Å². The van der Waals surface area contributed by atoms with Crippen molar-refractivity contribution < 1.29 is 4.79 Å². The smallest absolute Gasteiger partial charge is 0.230 e. The van der Waals surface area contributed by atoms with Crippen LogP contribution in [0, 0.1) is 6.92 Å². The number of imidazole rings is 1. The average molecular weight is 416 g/mol. The Bertz CT molecular complexity index is 1160. The number of likely N-dealkylation sites (tertiary alicyclic amines) is 1. The number of amides is 1. The van der Waals surface area contributed by atoms with Crippen LogP contribution in [0.25, 0.3) is 0 Å². The molecule has 0 radical (unpaired) electrons. The van der Waals surface area contributed by atoms with Gasteiger partial charge in [0.2, 0.25) is 5.91 Å². The van der Waals surface area contributed by atoms with Crippen LogP contribution in [0.5, 0.6) is 0 Å². The zero-order chi connectivity index (χ0) is 20.7. The van der Waals surface area contributed by atoms with E-state index in [1.165, 1.54) is 11.9 Å². The number of amidine groups is 1. The monoisotopic (exact) mass is 415 g/mol. The highest BCUT2D eigenvalue weighted by molar-refractivity contribution is 7.79. The second kappa shape index (κ2) is 7.25. The third-order valence-corrected chi connectivity index (χ3v) is 6.22. The first-order valence-corrected chi connectivity index (χ1v) is 10.5. The van der Waals surface area contributed by atoms with Crippen molar-refractivity contribution in [1.29, 1.82) is 0 Å². The quantitative estimate of drug-likeness (QED) is 0.634. The van der Waals surface area contributed by atoms with Gasteiger partial charge in [-0.3, -0.25) is 9.69 Å². The van der Waals surface area contributed by atoms with Crippen LogP contribution in [-0.4, -0.2) is 32.9 Å². The highest BCUT2D eigenvalue weighted by Gasteiger charge is 2.54. The lowest BCUT2D eigenvalue weighted by Crippen LogP contribution is -2.39. The minimum absolute atomic E-state index is 0.0310. The van der Waals surface area contributed by atoms with E-state index in [0.717, 1.165) is 22.4 Å². The number of carbonyl (C=O) groups excluding carboxylic acids is 1. The van der Waals surface area contributed by atoms with Crippen molar-refractivity contribution in [3.8, 4) is 0 Å². The molecule has 30 heavy (non-hydrogen) atoms. The molecule has 7 heteroatoms. The van der Waals surface area contributed by atoms with Gasteiger partial charge in [-0.1, -0.05) is 54.1 Å². The third kappa shape index (κ3) is 2.89. The maximum atomic E-state index is 13.3. The summed E-state index contributed by atoms with van der Waals surface area (Å²) in [5.74, 6) is 1.93. The molecule has 1 atom stereocenters. The van der Waals surface area contributed by atoms with Crippen molar-refractivity contribution in [3.05, 3.63) is 82.8 Å². The fraction of sp³-hybridized carbons (Fsp3) is 0.217. The molecule has 2 aromatic carbocycles. The summed E-state index contributed by atoms with van der Waals surface area (Å²) in [6, 6.07) is 16.4. The Hall–Kier alpha value is -3.19. The standard InChI is InChI=1S/C23H21N5OS/c1-15-2-4-16(5-3-15)11-28-19(29)10-23(18-8-6-17(12-30)7-9-18)20-21(25-13-24-20)26-14-27-22(23)28/h2-9,13-14,30H,10-12H2,1H3,(H,24,25). The number of hydrogen-bond acceptors (Lipinski definition) is 5. The molecule has 2 aliphatic rings. The fourth-order valence-corrected chi connectivity index (χ4v) is 4.49. The van der Waals surface area contributed by atoms with Gasteiger partial charge in [-0.25, -0.2) is 15.0 Å². The maximum absolute atomic E-state index is 13.3. The number of fused-ring (bicyclic) bond motifs is 3. The van der Waals surface area contributed by atoms with Gasteiger partial charge in [0.05, 0.1) is 18.6 Å². The Balaban J connectivity index is 1.65. The van der Waals surface area contributed by atoms with Crippen LogP contribution in [-0.2, 0) is 22.5 Å². The molecular formula is C23H21N5OS. The van der Waals surface area contributed by atoms with Crippen molar-refractivity contribution in [1.82, 2.24) is 14.9 Å². The molecule has 3 aromatic rings. The molecule has 1 fully saturated rings. The minimum Gasteiger partial charge on any atom is -0.345 e. The molecule has 0 spiro atoms. The number of aromatic nitrogens is 2.